The summed E-state index contributed by atoms with van der Waals surface area (Å²) in [7, 11) is 0. The molecule has 0 spiro atoms. The Morgan fingerprint density at radius 2 is 2.31 bits per heavy atom. The Kier molecular flexibility index (Phi) is 5.41. The highest BCUT2D eigenvalue weighted by Crippen LogP contribution is 2.13. The molecule has 5 heteroatoms. The molecule has 1 aliphatic heterocycles. The first-order chi connectivity index (χ1) is 7.27. The zero-order valence-corrected chi connectivity index (χ0v) is 11.0. The molecule has 2 rings (SSSR count). The lowest BCUT2D eigenvalue weighted by Gasteiger charge is -2.22. The predicted octanol–water partition coefficient (Wildman–Crippen LogP) is 2.04. The molecule has 0 amide bonds. The number of Topliss-reactive ketones (excluding diaryl/α,β-unsaturated/α-hetero) is 1. The third kappa shape index (κ3) is 3.28. The number of hydrogen-bond acceptors (Lipinski definition) is 3. The Balaban J connectivity index is 0.00000128. The molecule has 1 unspecified atom stereocenters. The van der Waals surface area contributed by atoms with Crippen molar-refractivity contribution in [1.29, 1.82) is 0 Å². The van der Waals surface area contributed by atoms with Gasteiger partial charge in [-0.2, -0.15) is 0 Å². The number of hydrogen-bond donors (Lipinski definition) is 1. The Hall–Kier alpha value is -0.420. The summed E-state index contributed by atoms with van der Waals surface area (Å²) in [5, 5.41) is 3.15. The van der Waals surface area contributed by atoms with Crippen LogP contribution in [0.2, 0.25) is 0 Å². The zero-order valence-electron chi connectivity index (χ0n) is 8.61. The van der Waals surface area contributed by atoms with Gasteiger partial charge in [0.05, 0.1) is 19.3 Å². The molecule has 88 valence electrons. The summed E-state index contributed by atoms with van der Waals surface area (Å²) in [5.74, 6) is 0.0935. The maximum atomic E-state index is 12.0. The van der Waals surface area contributed by atoms with E-state index < -0.39 is 0 Å². The Morgan fingerprint density at radius 1 is 1.50 bits per heavy atom. The molecule has 16 heavy (non-hydrogen) atoms. The lowest BCUT2D eigenvalue weighted by Crippen LogP contribution is -2.46. The third-order valence-corrected chi connectivity index (χ3v) is 2.84. The van der Waals surface area contributed by atoms with Crippen molar-refractivity contribution in [3.8, 4) is 0 Å². The number of ether oxygens (including phenoxy) is 1. The molecule has 1 aliphatic rings. The van der Waals surface area contributed by atoms with E-state index in [1.54, 1.807) is 0 Å². The van der Waals surface area contributed by atoms with Crippen molar-refractivity contribution in [1.82, 2.24) is 5.32 Å². The van der Waals surface area contributed by atoms with Gasteiger partial charge in [0, 0.05) is 16.6 Å². The van der Waals surface area contributed by atoms with E-state index in [4.69, 9.17) is 4.74 Å². The van der Waals surface area contributed by atoms with E-state index in [9.17, 15) is 4.79 Å². The summed E-state index contributed by atoms with van der Waals surface area (Å²) in [5.41, 5.74) is 0.715. The fourth-order valence-electron chi connectivity index (χ4n) is 1.58. The molecule has 0 aliphatic carbocycles. The standard InChI is InChI=1S/C11H12BrNO2.ClH/c12-9-3-1-2-8(6-9)11(14)10-7-15-5-4-13-10;/h1-3,6,10,13H,4-5,7H2;1H. The molecule has 1 aromatic carbocycles. The lowest BCUT2D eigenvalue weighted by atomic mass is 10.0. The summed E-state index contributed by atoms with van der Waals surface area (Å²) in [6.45, 7) is 1.89. The van der Waals surface area contributed by atoms with Crippen LogP contribution in [-0.4, -0.2) is 31.6 Å². The quantitative estimate of drug-likeness (QED) is 0.850. The van der Waals surface area contributed by atoms with Crippen molar-refractivity contribution in [2.24, 2.45) is 0 Å². The van der Waals surface area contributed by atoms with Crippen molar-refractivity contribution in [3.05, 3.63) is 34.3 Å². The smallest absolute Gasteiger partial charge is 0.182 e. The average Bonchev–Trinajstić information content (AvgIpc) is 2.29. The van der Waals surface area contributed by atoms with Crippen LogP contribution in [0.5, 0.6) is 0 Å². The molecular weight excluding hydrogens is 293 g/mol. The number of morpholine rings is 1. The first-order valence-corrected chi connectivity index (χ1v) is 5.67. The molecule has 0 aromatic heterocycles. The number of ketones is 1. The van der Waals surface area contributed by atoms with Crippen LogP contribution in [0.1, 0.15) is 10.4 Å². The molecule has 1 aromatic rings. The molecule has 3 nitrogen and oxygen atoms in total. The van der Waals surface area contributed by atoms with Gasteiger partial charge in [-0.25, -0.2) is 0 Å². The number of carbonyl (C=O) groups excluding carboxylic acids is 1. The average molecular weight is 307 g/mol. The predicted molar refractivity (Wildman–Crippen MR) is 68.3 cm³/mol. The van der Waals surface area contributed by atoms with Gasteiger partial charge in [-0.3, -0.25) is 4.79 Å². The van der Waals surface area contributed by atoms with Crippen LogP contribution in [0.3, 0.4) is 0 Å². The normalized spacial score (nSPS) is 19.9. The highest BCUT2D eigenvalue weighted by Gasteiger charge is 2.22. The van der Waals surface area contributed by atoms with Crippen LogP contribution >= 0.6 is 28.3 Å². The first kappa shape index (κ1) is 13.6. The summed E-state index contributed by atoms with van der Waals surface area (Å²) in [6.07, 6.45) is 0. The molecule has 1 atom stereocenters. The second-order valence-electron chi connectivity index (χ2n) is 3.46. The largest absolute Gasteiger partial charge is 0.378 e. The van der Waals surface area contributed by atoms with E-state index in [0.717, 1.165) is 11.0 Å². The van der Waals surface area contributed by atoms with Gasteiger partial charge < -0.3 is 10.1 Å². The fourth-order valence-corrected chi connectivity index (χ4v) is 1.98. The van der Waals surface area contributed by atoms with Crippen LogP contribution in [0.15, 0.2) is 28.7 Å². The van der Waals surface area contributed by atoms with Gasteiger partial charge in [0.2, 0.25) is 0 Å². The van der Waals surface area contributed by atoms with Gasteiger partial charge in [0.15, 0.2) is 5.78 Å². The Bertz CT molecular complexity index is 367. The minimum atomic E-state index is -0.201. The van der Waals surface area contributed by atoms with E-state index in [1.165, 1.54) is 0 Å². The van der Waals surface area contributed by atoms with Crippen LogP contribution in [0.4, 0.5) is 0 Å². The second kappa shape index (κ2) is 6.35. The number of rotatable bonds is 2. The van der Waals surface area contributed by atoms with Crippen LogP contribution in [0.25, 0.3) is 0 Å². The SMILES string of the molecule is Cl.O=C(c1cccc(Br)c1)C1COCCN1. The summed E-state index contributed by atoms with van der Waals surface area (Å²) >= 11 is 3.35. The topological polar surface area (TPSA) is 38.3 Å². The maximum Gasteiger partial charge on any atom is 0.182 e. The van der Waals surface area contributed by atoms with Crippen molar-refractivity contribution in [2.45, 2.75) is 6.04 Å². The number of halogens is 2. The van der Waals surface area contributed by atoms with Gasteiger partial charge in [0.25, 0.3) is 0 Å². The minimum Gasteiger partial charge on any atom is -0.378 e. The van der Waals surface area contributed by atoms with E-state index >= 15 is 0 Å². The van der Waals surface area contributed by atoms with Gasteiger partial charge >= 0.3 is 0 Å². The maximum absolute atomic E-state index is 12.0. The summed E-state index contributed by atoms with van der Waals surface area (Å²) < 4.78 is 6.18. The van der Waals surface area contributed by atoms with Crippen LogP contribution in [0, 0.1) is 0 Å². The number of benzene rings is 1. The van der Waals surface area contributed by atoms with Crippen molar-refractivity contribution in [3.63, 3.8) is 0 Å². The third-order valence-electron chi connectivity index (χ3n) is 2.35. The molecule has 0 radical (unpaired) electrons. The first-order valence-electron chi connectivity index (χ1n) is 4.88. The van der Waals surface area contributed by atoms with Crippen molar-refractivity contribution < 1.29 is 9.53 Å². The minimum absolute atomic E-state index is 0. The number of carbonyl (C=O) groups is 1. The highest BCUT2D eigenvalue weighted by molar-refractivity contribution is 9.10. The van der Waals surface area contributed by atoms with Gasteiger partial charge in [-0.05, 0) is 12.1 Å². The highest BCUT2D eigenvalue weighted by atomic mass is 79.9. The lowest BCUT2D eigenvalue weighted by molar-refractivity contribution is 0.0607. The zero-order chi connectivity index (χ0) is 10.7. The van der Waals surface area contributed by atoms with Crippen molar-refractivity contribution in [2.75, 3.05) is 19.8 Å². The number of nitrogens with one attached hydrogen (secondary N) is 1. The summed E-state index contributed by atoms with van der Waals surface area (Å²) in [4.78, 5) is 12.0. The van der Waals surface area contributed by atoms with Gasteiger partial charge in [-0.15, -0.1) is 12.4 Å². The molecular formula is C11H13BrClNO2. The Labute approximate surface area is 109 Å². The van der Waals surface area contributed by atoms with Gasteiger partial charge in [0.1, 0.15) is 0 Å². The van der Waals surface area contributed by atoms with Crippen LogP contribution < -0.4 is 5.32 Å². The second-order valence-corrected chi connectivity index (χ2v) is 4.37. The van der Waals surface area contributed by atoms with E-state index in [-0.39, 0.29) is 24.2 Å². The molecule has 1 heterocycles. The van der Waals surface area contributed by atoms with E-state index in [1.807, 2.05) is 24.3 Å². The molecule has 1 saturated heterocycles. The van der Waals surface area contributed by atoms with E-state index in [0.29, 0.717) is 18.8 Å². The van der Waals surface area contributed by atoms with E-state index in [2.05, 4.69) is 21.2 Å². The van der Waals surface area contributed by atoms with Gasteiger partial charge in [-0.1, -0.05) is 28.1 Å². The Morgan fingerprint density at radius 3 is 2.94 bits per heavy atom. The molecule has 1 fully saturated rings. The fraction of sp³-hybridized carbons (Fsp3) is 0.364. The molecule has 1 N–H and O–H groups in total. The van der Waals surface area contributed by atoms with Crippen molar-refractivity contribution >= 4 is 34.1 Å². The molecule has 0 bridgehead atoms. The monoisotopic (exact) mass is 305 g/mol. The molecule has 0 saturated carbocycles. The van der Waals surface area contributed by atoms with Crippen LogP contribution in [-0.2, 0) is 4.74 Å². The summed E-state index contributed by atoms with van der Waals surface area (Å²) in [6, 6.07) is 7.22.